The molecule has 9 heteroatoms. The van der Waals surface area contributed by atoms with Crippen LogP contribution in [0.4, 0.5) is 11.4 Å². The van der Waals surface area contributed by atoms with Gasteiger partial charge in [0.25, 0.3) is 5.91 Å². The summed E-state index contributed by atoms with van der Waals surface area (Å²) < 4.78 is 5.38. The Hall–Kier alpha value is -4.11. The van der Waals surface area contributed by atoms with Gasteiger partial charge < -0.3 is 15.4 Å². The molecule has 0 aliphatic rings. The van der Waals surface area contributed by atoms with E-state index in [2.05, 4.69) is 25.6 Å². The van der Waals surface area contributed by atoms with Crippen LogP contribution in [0.5, 0.6) is 5.75 Å². The number of carbonyl (C=O) groups excluding carboxylic acids is 2. The molecule has 8 nitrogen and oxygen atoms in total. The highest BCUT2D eigenvalue weighted by atomic mass is 32.1. The number of thiazole rings is 1. The summed E-state index contributed by atoms with van der Waals surface area (Å²) in [5.74, 6) is -0.0871. The highest BCUT2D eigenvalue weighted by Gasteiger charge is 2.13. The molecule has 3 heterocycles. The monoisotopic (exact) mass is 445 g/mol. The molecule has 0 fully saturated rings. The number of anilines is 2. The summed E-state index contributed by atoms with van der Waals surface area (Å²) in [6.07, 6.45) is 6.66. The lowest BCUT2D eigenvalue weighted by atomic mass is 10.2. The molecule has 0 atom stereocenters. The number of methoxy groups -OCH3 is 1. The molecule has 0 aliphatic carbocycles. The molecule has 4 rings (SSSR count). The maximum Gasteiger partial charge on any atom is 0.257 e. The molecule has 0 saturated heterocycles. The largest absolute Gasteiger partial charge is 0.494 e. The Labute approximate surface area is 188 Å². The van der Waals surface area contributed by atoms with E-state index in [1.165, 1.54) is 24.6 Å². The van der Waals surface area contributed by atoms with Gasteiger partial charge in [0.05, 0.1) is 30.5 Å². The minimum atomic E-state index is -0.305. The highest BCUT2D eigenvalue weighted by Crippen LogP contribution is 2.29. The highest BCUT2D eigenvalue weighted by molar-refractivity contribution is 7.13. The van der Waals surface area contributed by atoms with E-state index in [9.17, 15) is 9.59 Å². The number of nitrogens with zero attached hydrogens (tertiary/aromatic N) is 3. The third-order valence-electron chi connectivity index (χ3n) is 4.46. The Morgan fingerprint density at radius 3 is 2.56 bits per heavy atom. The first-order chi connectivity index (χ1) is 15.6. The van der Waals surface area contributed by atoms with Crippen LogP contribution < -0.4 is 15.4 Å². The van der Waals surface area contributed by atoms with Gasteiger partial charge in [-0.25, -0.2) is 4.98 Å². The van der Waals surface area contributed by atoms with Gasteiger partial charge in [-0.1, -0.05) is 0 Å². The molecule has 2 N–H and O–H groups in total. The quantitative estimate of drug-likeness (QED) is 0.445. The summed E-state index contributed by atoms with van der Waals surface area (Å²) >= 11 is 1.47. The van der Waals surface area contributed by atoms with E-state index < -0.39 is 0 Å². The molecule has 160 valence electrons. The molecule has 3 aromatic heterocycles. The van der Waals surface area contributed by atoms with E-state index in [0.29, 0.717) is 28.4 Å². The first-order valence-corrected chi connectivity index (χ1v) is 10.5. The van der Waals surface area contributed by atoms with E-state index >= 15 is 0 Å². The number of carbonyl (C=O) groups is 2. The van der Waals surface area contributed by atoms with Crippen molar-refractivity contribution in [2.75, 3.05) is 17.7 Å². The topological polar surface area (TPSA) is 106 Å². The zero-order valence-corrected chi connectivity index (χ0v) is 17.9. The molecule has 0 aliphatic heterocycles. The fraction of sp³-hybridized carbons (Fsp3) is 0.0870. The van der Waals surface area contributed by atoms with Crippen molar-refractivity contribution >= 4 is 34.5 Å². The van der Waals surface area contributed by atoms with E-state index in [0.717, 1.165) is 10.6 Å². The van der Waals surface area contributed by atoms with Gasteiger partial charge in [0.15, 0.2) is 0 Å². The Bertz CT molecular complexity index is 1230. The number of rotatable bonds is 7. The molecule has 0 unspecified atom stereocenters. The number of aromatic nitrogens is 3. The van der Waals surface area contributed by atoms with Gasteiger partial charge in [0.2, 0.25) is 5.91 Å². The first kappa shape index (κ1) is 21.1. The minimum absolute atomic E-state index is 0.137. The SMILES string of the molecule is COc1cc(NC(=O)Cc2csc(-c3cccnc3)n2)ccc1NC(=O)c1cccnc1. The lowest BCUT2D eigenvalue weighted by molar-refractivity contribution is -0.115. The summed E-state index contributed by atoms with van der Waals surface area (Å²) in [6.45, 7) is 0. The Balaban J connectivity index is 1.40. The lowest BCUT2D eigenvalue weighted by Crippen LogP contribution is -2.15. The summed E-state index contributed by atoms with van der Waals surface area (Å²) in [4.78, 5) is 37.4. The van der Waals surface area contributed by atoms with Crippen LogP contribution in [0.3, 0.4) is 0 Å². The van der Waals surface area contributed by atoms with Gasteiger partial charge in [-0.15, -0.1) is 11.3 Å². The third kappa shape index (κ3) is 5.13. The van der Waals surface area contributed by atoms with E-state index in [4.69, 9.17) is 4.74 Å². The number of pyridine rings is 2. The molecule has 0 radical (unpaired) electrons. The Kier molecular flexibility index (Phi) is 6.47. The van der Waals surface area contributed by atoms with Gasteiger partial charge in [-0.05, 0) is 36.4 Å². The van der Waals surface area contributed by atoms with Gasteiger partial charge in [0, 0.05) is 47.5 Å². The molecular formula is C23H19N5O3S. The van der Waals surface area contributed by atoms with Gasteiger partial charge in [0.1, 0.15) is 10.8 Å². The lowest BCUT2D eigenvalue weighted by Gasteiger charge is -2.12. The van der Waals surface area contributed by atoms with E-state index in [-0.39, 0.29) is 18.2 Å². The predicted molar refractivity (Wildman–Crippen MR) is 123 cm³/mol. The summed E-state index contributed by atoms with van der Waals surface area (Å²) in [5.41, 5.74) is 3.06. The first-order valence-electron chi connectivity index (χ1n) is 9.66. The standard InChI is InChI=1S/C23H19N5O3S/c1-31-20-10-17(6-7-19(20)28-22(30)15-4-2-8-24-12-15)26-21(29)11-18-14-32-23(27-18)16-5-3-9-25-13-16/h2-10,12-14H,11H2,1H3,(H,26,29)(H,28,30). The van der Waals surface area contributed by atoms with Crippen LogP contribution >= 0.6 is 11.3 Å². The molecule has 0 spiro atoms. The second kappa shape index (κ2) is 9.80. The molecule has 0 saturated carbocycles. The number of amides is 2. The number of ether oxygens (including phenoxy) is 1. The van der Waals surface area contributed by atoms with Crippen LogP contribution in [0, 0.1) is 0 Å². The molecule has 0 bridgehead atoms. The van der Waals surface area contributed by atoms with Crippen molar-refractivity contribution in [2.24, 2.45) is 0 Å². The summed E-state index contributed by atoms with van der Waals surface area (Å²) in [6, 6.07) is 12.1. The third-order valence-corrected chi connectivity index (χ3v) is 5.40. The zero-order valence-electron chi connectivity index (χ0n) is 17.1. The maximum absolute atomic E-state index is 12.5. The number of hydrogen-bond donors (Lipinski definition) is 2. The van der Waals surface area contributed by atoms with E-state index in [1.807, 2.05) is 17.5 Å². The van der Waals surface area contributed by atoms with Gasteiger partial charge in [-0.2, -0.15) is 0 Å². The van der Waals surface area contributed by atoms with Crippen LogP contribution in [0.15, 0.2) is 72.6 Å². The van der Waals surface area contributed by atoms with Crippen LogP contribution in [-0.4, -0.2) is 33.9 Å². The minimum Gasteiger partial charge on any atom is -0.494 e. The number of hydrogen-bond acceptors (Lipinski definition) is 7. The van der Waals surface area contributed by atoms with Crippen molar-refractivity contribution in [3.8, 4) is 16.3 Å². The van der Waals surface area contributed by atoms with Crippen LogP contribution in [-0.2, 0) is 11.2 Å². The summed E-state index contributed by atoms with van der Waals surface area (Å²) in [5, 5.41) is 8.30. The fourth-order valence-electron chi connectivity index (χ4n) is 2.94. The van der Waals surface area contributed by atoms with Crippen LogP contribution in [0.25, 0.3) is 10.6 Å². The zero-order chi connectivity index (χ0) is 22.3. The Morgan fingerprint density at radius 2 is 1.84 bits per heavy atom. The van der Waals surface area contributed by atoms with Crippen molar-refractivity contribution in [2.45, 2.75) is 6.42 Å². The van der Waals surface area contributed by atoms with Gasteiger partial charge >= 0.3 is 0 Å². The van der Waals surface area contributed by atoms with Crippen molar-refractivity contribution in [1.82, 2.24) is 15.0 Å². The number of benzene rings is 1. The average molecular weight is 446 g/mol. The van der Waals surface area contributed by atoms with Crippen LogP contribution in [0.2, 0.25) is 0 Å². The number of nitrogens with one attached hydrogen (secondary N) is 2. The molecule has 32 heavy (non-hydrogen) atoms. The van der Waals surface area contributed by atoms with Crippen LogP contribution in [0.1, 0.15) is 16.1 Å². The summed E-state index contributed by atoms with van der Waals surface area (Å²) in [7, 11) is 1.50. The molecular weight excluding hydrogens is 426 g/mol. The van der Waals surface area contributed by atoms with Gasteiger partial charge in [-0.3, -0.25) is 19.6 Å². The molecule has 2 amide bonds. The van der Waals surface area contributed by atoms with Crippen molar-refractivity contribution in [3.63, 3.8) is 0 Å². The smallest absolute Gasteiger partial charge is 0.257 e. The van der Waals surface area contributed by atoms with E-state index in [1.54, 1.807) is 48.9 Å². The van der Waals surface area contributed by atoms with Crippen molar-refractivity contribution < 1.29 is 14.3 Å². The predicted octanol–water partition coefficient (Wildman–Crippen LogP) is 4.04. The second-order valence-corrected chi connectivity index (χ2v) is 7.58. The average Bonchev–Trinajstić information content (AvgIpc) is 3.29. The Morgan fingerprint density at radius 1 is 1.03 bits per heavy atom. The van der Waals surface area contributed by atoms with Crippen molar-refractivity contribution in [1.29, 1.82) is 0 Å². The normalized spacial score (nSPS) is 10.4. The van der Waals surface area contributed by atoms with Crippen molar-refractivity contribution in [3.05, 3.63) is 83.9 Å². The second-order valence-electron chi connectivity index (χ2n) is 6.72. The fourth-order valence-corrected chi connectivity index (χ4v) is 3.75. The molecule has 4 aromatic rings. The maximum atomic E-state index is 12.5. The molecule has 1 aromatic carbocycles.